The Hall–Kier alpha value is -0.410. The van der Waals surface area contributed by atoms with E-state index in [9.17, 15) is 0 Å². The number of hydrogen-bond donors (Lipinski definition) is 1. The van der Waals surface area contributed by atoms with Crippen molar-refractivity contribution in [3.8, 4) is 0 Å². The summed E-state index contributed by atoms with van der Waals surface area (Å²) < 4.78 is 0. The number of nitrogens with zero attached hydrogens (tertiary/aromatic N) is 1. The van der Waals surface area contributed by atoms with Crippen molar-refractivity contribution in [2.45, 2.75) is 46.1 Å². The van der Waals surface area contributed by atoms with Crippen LogP contribution in [0.15, 0.2) is 11.6 Å². The number of aromatic nitrogens is 1. The second kappa shape index (κ2) is 4.84. The van der Waals surface area contributed by atoms with Crippen LogP contribution in [0.2, 0.25) is 0 Å². The van der Waals surface area contributed by atoms with Crippen LogP contribution in [-0.4, -0.2) is 17.6 Å². The minimum Gasteiger partial charge on any atom is -0.313 e. The van der Waals surface area contributed by atoms with E-state index in [1.54, 1.807) is 11.3 Å². The highest BCUT2D eigenvalue weighted by molar-refractivity contribution is 7.09. The Morgan fingerprint density at radius 3 is 2.88 bits per heavy atom. The van der Waals surface area contributed by atoms with Crippen molar-refractivity contribution in [1.82, 2.24) is 10.3 Å². The molecule has 0 amide bonds. The molecule has 3 heteroatoms. The summed E-state index contributed by atoms with van der Waals surface area (Å²) >= 11 is 1.78. The molecule has 2 atom stereocenters. The molecule has 0 aliphatic heterocycles. The van der Waals surface area contributed by atoms with Crippen LogP contribution < -0.4 is 5.32 Å². The van der Waals surface area contributed by atoms with Crippen molar-refractivity contribution in [2.24, 2.45) is 11.3 Å². The first kappa shape index (κ1) is 12.1. The van der Waals surface area contributed by atoms with E-state index < -0.39 is 0 Å². The van der Waals surface area contributed by atoms with Gasteiger partial charge in [-0.3, -0.25) is 0 Å². The fourth-order valence-corrected chi connectivity index (χ4v) is 3.10. The van der Waals surface area contributed by atoms with Crippen molar-refractivity contribution >= 4 is 11.3 Å². The lowest BCUT2D eigenvalue weighted by atomic mass is 10.0. The number of rotatable bonds is 6. The molecule has 1 aliphatic rings. The summed E-state index contributed by atoms with van der Waals surface area (Å²) in [6.07, 6.45) is 5.59. The first-order valence-electron chi connectivity index (χ1n) is 6.25. The summed E-state index contributed by atoms with van der Waals surface area (Å²) in [7, 11) is 0. The molecule has 0 radical (unpaired) electrons. The molecule has 1 heterocycles. The van der Waals surface area contributed by atoms with E-state index in [1.165, 1.54) is 17.8 Å². The van der Waals surface area contributed by atoms with Crippen LogP contribution in [-0.2, 0) is 6.42 Å². The van der Waals surface area contributed by atoms with Gasteiger partial charge < -0.3 is 5.32 Å². The summed E-state index contributed by atoms with van der Waals surface area (Å²) in [6.45, 7) is 8.11. The standard InChI is InChI=1S/C13H22N2S/c1-4-5-14-11(10-9-13(10,2)3)8-12-15-6-7-16-12/h6-7,10-11,14H,4-5,8-9H2,1-3H3. The number of hydrogen-bond acceptors (Lipinski definition) is 3. The van der Waals surface area contributed by atoms with Crippen LogP contribution >= 0.6 is 11.3 Å². The molecule has 0 bridgehead atoms. The lowest BCUT2D eigenvalue weighted by molar-refractivity contribution is 0.402. The molecule has 1 aromatic heterocycles. The van der Waals surface area contributed by atoms with Crippen LogP contribution in [0, 0.1) is 11.3 Å². The fourth-order valence-electron chi connectivity index (χ4n) is 2.42. The summed E-state index contributed by atoms with van der Waals surface area (Å²) in [5.41, 5.74) is 0.544. The monoisotopic (exact) mass is 238 g/mol. The first-order chi connectivity index (χ1) is 7.63. The van der Waals surface area contributed by atoms with Crippen molar-refractivity contribution < 1.29 is 0 Å². The molecule has 2 unspecified atom stereocenters. The van der Waals surface area contributed by atoms with Gasteiger partial charge in [-0.2, -0.15) is 0 Å². The second-order valence-corrected chi connectivity index (χ2v) is 6.47. The average molecular weight is 238 g/mol. The maximum Gasteiger partial charge on any atom is 0.0940 e. The maximum absolute atomic E-state index is 4.40. The Labute approximate surface area is 102 Å². The zero-order valence-corrected chi connectivity index (χ0v) is 11.3. The van der Waals surface area contributed by atoms with E-state index in [4.69, 9.17) is 0 Å². The quantitative estimate of drug-likeness (QED) is 0.824. The van der Waals surface area contributed by atoms with Crippen LogP contribution in [0.4, 0.5) is 0 Å². The van der Waals surface area contributed by atoms with Gasteiger partial charge in [0.15, 0.2) is 0 Å². The third-order valence-corrected chi connectivity index (χ3v) is 4.41. The van der Waals surface area contributed by atoms with E-state index in [0.29, 0.717) is 11.5 Å². The molecule has 16 heavy (non-hydrogen) atoms. The highest BCUT2D eigenvalue weighted by atomic mass is 32.1. The SMILES string of the molecule is CCCNC(Cc1nccs1)C1CC1(C)C. The number of thiazole rings is 1. The molecule has 0 spiro atoms. The van der Waals surface area contributed by atoms with Gasteiger partial charge in [0.1, 0.15) is 0 Å². The predicted molar refractivity (Wildman–Crippen MR) is 69.8 cm³/mol. The van der Waals surface area contributed by atoms with Crippen molar-refractivity contribution in [3.63, 3.8) is 0 Å². The van der Waals surface area contributed by atoms with Crippen LogP contribution in [0.25, 0.3) is 0 Å². The molecular weight excluding hydrogens is 216 g/mol. The van der Waals surface area contributed by atoms with Gasteiger partial charge in [0.05, 0.1) is 5.01 Å². The van der Waals surface area contributed by atoms with Gasteiger partial charge in [-0.1, -0.05) is 20.8 Å². The average Bonchev–Trinajstić information content (AvgIpc) is 2.67. The molecule has 1 N–H and O–H groups in total. The molecule has 0 saturated heterocycles. The lowest BCUT2D eigenvalue weighted by Crippen LogP contribution is -2.35. The Morgan fingerprint density at radius 1 is 1.62 bits per heavy atom. The molecule has 0 aromatic carbocycles. The maximum atomic E-state index is 4.40. The van der Waals surface area contributed by atoms with Gasteiger partial charge >= 0.3 is 0 Å². The normalized spacial score (nSPS) is 24.3. The lowest BCUT2D eigenvalue weighted by Gasteiger charge is -2.19. The van der Waals surface area contributed by atoms with Crippen LogP contribution in [0.1, 0.15) is 38.6 Å². The molecule has 2 nitrogen and oxygen atoms in total. The fraction of sp³-hybridized carbons (Fsp3) is 0.769. The Kier molecular flexibility index (Phi) is 3.65. The zero-order chi connectivity index (χ0) is 11.6. The summed E-state index contributed by atoms with van der Waals surface area (Å²) in [4.78, 5) is 4.40. The topological polar surface area (TPSA) is 24.9 Å². The van der Waals surface area contributed by atoms with Gasteiger partial charge in [0.2, 0.25) is 0 Å². The van der Waals surface area contributed by atoms with Gasteiger partial charge in [-0.15, -0.1) is 11.3 Å². The van der Waals surface area contributed by atoms with Gasteiger partial charge in [-0.25, -0.2) is 4.98 Å². The summed E-state index contributed by atoms with van der Waals surface area (Å²) in [5, 5.41) is 7.04. The molecule has 2 rings (SSSR count). The van der Waals surface area contributed by atoms with Crippen LogP contribution in [0.5, 0.6) is 0 Å². The first-order valence-corrected chi connectivity index (χ1v) is 7.13. The van der Waals surface area contributed by atoms with E-state index >= 15 is 0 Å². The second-order valence-electron chi connectivity index (χ2n) is 5.49. The molecular formula is C13H22N2S. The molecule has 1 saturated carbocycles. The van der Waals surface area contributed by atoms with Gasteiger partial charge in [0, 0.05) is 24.0 Å². The van der Waals surface area contributed by atoms with E-state index in [-0.39, 0.29) is 0 Å². The Balaban J connectivity index is 1.93. The Bertz CT molecular complexity index is 319. The molecule has 1 aromatic rings. The molecule has 90 valence electrons. The van der Waals surface area contributed by atoms with Gasteiger partial charge in [-0.05, 0) is 30.7 Å². The molecule has 1 aliphatic carbocycles. The number of nitrogens with one attached hydrogen (secondary N) is 1. The van der Waals surface area contributed by atoms with Crippen molar-refractivity contribution in [2.75, 3.05) is 6.54 Å². The minimum atomic E-state index is 0.544. The third kappa shape index (κ3) is 2.83. The minimum absolute atomic E-state index is 0.544. The van der Waals surface area contributed by atoms with E-state index in [0.717, 1.165) is 18.9 Å². The molecule has 1 fully saturated rings. The van der Waals surface area contributed by atoms with Gasteiger partial charge in [0.25, 0.3) is 0 Å². The highest BCUT2D eigenvalue weighted by Crippen LogP contribution is 2.54. The largest absolute Gasteiger partial charge is 0.313 e. The van der Waals surface area contributed by atoms with E-state index in [1.807, 2.05) is 6.20 Å². The van der Waals surface area contributed by atoms with E-state index in [2.05, 4.69) is 36.5 Å². The highest BCUT2D eigenvalue weighted by Gasteiger charge is 2.49. The van der Waals surface area contributed by atoms with Crippen molar-refractivity contribution in [3.05, 3.63) is 16.6 Å². The van der Waals surface area contributed by atoms with Crippen LogP contribution in [0.3, 0.4) is 0 Å². The third-order valence-electron chi connectivity index (χ3n) is 3.61. The zero-order valence-electron chi connectivity index (χ0n) is 10.5. The smallest absolute Gasteiger partial charge is 0.0940 e. The Morgan fingerprint density at radius 2 is 2.38 bits per heavy atom. The predicted octanol–water partition coefficient (Wildman–Crippen LogP) is 3.10. The summed E-state index contributed by atoms with van der Waals surface area (Å²) in [6, 6.07) is 0.626. The summed E-state index contributed by atoms with van der Waals surface area (Å²) in [5.74, 6) is 0.836. The van der Waals surface area contributed by atoms with Crippen molar-refractivity contribution in [1.29, 1.82) is 0 Å².